The van der Waals surface area contributed by atoms with Gasteiger partial charge in [0.15, 0.2) is 5.82 Å². The van der Waals surface area contributed by atoms with Crippen LogP contribution in [-0.2, 0) is 25.7 Å². The molecule has 4 aromatic rings. The molecule has 4 aliphatic rings. The Morgan fingerprint density at radius 1 is 0.932 bits per heavy atom. The summed E-state index contributed by atoms with van der Waals surface area (Å²) in [5.41, 5.74) is 9.30. The second-order valence-corrected chi connectivity index (χ2v) is 21.2. The van der Waals surface area contributed by atoms with E-state index in [2.05, 4.69) is 58.4 Å². The smallest absolute Gasteiger partial charge is 0.410 e. The summed E-state index contributed by atoms with van der Waals surface area (Å²) in [6, 6.07) is 20.9. The molecule has 5 N–H and O–H groups in total. The molecule has 19 heteroatoms. The summed E-state index contributed by atoms with van der Waals surface area (Å²) in [6.07, 6.45) is 6.70. The number of para-hydroxylation sites is 1. The van der Waals surface area contributed by atoms with Gasteiger partial charge in [0.2, 0.25) is 17.7 Å². The van der Waals surface area contributed by atoms with Crippen LogP contribution in [0.2, 0.25) is 0 Å². The van der Waals surface area contributed by atoms with Crippen molar-refractivity contribution in [2.75, 3.05) is 87.4 Å². The lowest BCUT2D eigenvalue weighted by Crippen LogP contribution is -2.55. The molecule has 392 valence electrons. The molecule has 2 aromatic heterocycles. The zero-order valence-electron chi connectivity index (χ0n) is 43.2. The summed E-state index contributed by atoms with van der Waals surface area (Å²) < 4.78 is 18.2. The van der Waals surface area contributed by atoms with E-state index in [1.807, 2.05) is 89.6 Å². The van der Waals surface area contributed by atoms with E-state index in [9.17, 15) is 24.3 Å². The van der Waals surface area contributed by atoms with Crippen molar-refractivity contribution < 1.29 is 38.5 Å². The van der Waals surface area contributed by atoms with Crippen LogP contribution in [0.3, 0.4) is 0 Å². The second kappa shape index (κ2) is 23.0. The maximum atomic E-state index is 13.6. The third kappa shape index (κ3) is 12.9. The van der Waals surface area contributed by atoms with Gasteiger partial charge in [0.25, 0.3) is 0 Å². The lowest BCUT2D eigenvalue weighted by Gasteiger charge is -2.43. The van der Waals surface area contributed by atoms with Gasteiger partial charge >= 0.3 is 12.1 Å². The Balaban J connectivity index is 0.852. The number of unbranched alkanes of at least 4 members (excludes halogenated alkanes) is 1. The summed E-state index contributed by atoms with van der Waals surface area (Å²) in [7, 11) is 3.95. The van der Waals surface area contributed by atoms with Crippen molar-refractivity contribution in [2.24, 2.45) is 5.41 Å². The summed E-state index contributed by atoms with van der Waals surface area (Å²) in [6.45, 7) is 13.5. The third-order valence-corrected chi connectivity index (χ3v) is 14.5. The van der Waals surface area contributed by atoms with Gasteiger partial charge in [-0.1, -0.05) is 30.7 Å². The maximum Gasteiger partial charge on any atom is 0.410 e. The van der Waals surface area contributed by atoms with Gasteiger partial charge in [-0.25, -0.2) is 9.78 Å². The zero-order chi connectivity index (χ0) is 51.9. The molecular weight excluding hydrogens is 931 g/mol. The quantitative estimate of drug-likeness (QED) is 0.0565. The van der Waals surface area contributed by atoms with E-state index in [0.29, 0.717) is 67.8 Å². The van der Waals surface area contributed by atoms with Crippen LogP contribution in [0.25, 0.3) is 11.3 Å². The molecule has 8 rings (SSSR count). The van der Waals surface area contributed by atoms with Crippen LogP contribution >= 0.6 is 0 Å². The van der Waals surface area contributed by atoms with Crippen LogP contribution in [0.5, 0.6) is 11.6 Å². The van der Waals surface area contributed by atoms with Crippen LogP contribution in [0.15, 0.2) is 72.9 Å². The van der Waals surface area contributed by atoms with Gasteiger partial charge in [-0.2, -0.15) is 0 Å². The van der Waals surface area contributed by atoms with E-state index < -0.39 is 34.8 Å². The SMILES string of the molecule is CC1CN(C(=O)OC(C)(C)C)CCN1CCOc1cc(N2C3CCC2CN(c2cc(-c4ccccc4OCc4ccc(NC(=O)[C@H](CCCCN(C)C)NC(=O)C5(C(=O)O)CCC5)cc4)nnc2N)C3)ccn1. The van der Waals surface area contributed by atoms with Crippen molar-refractivity contribution >= 4 is 46.8 Å². The highest BCUT2D eigenvalue weighted by Crippen LogP contribution is 2.42. The van der Waals surface area contributed by atoms with Gasteiger partial charge in [0.05, 0.1) is 11.4 Å². The molecule has 73 heavy (non-hydrogen) atoms. The molecule has 5 heterocycles. The molecule has 3 amide bonds. The molecule has 2 bridgehead atoms. The fourth-order valence-electron chi connectivity index (χ4n) is 10.3. The minimum atomic E-state index is -1.47. The number of nitrogens with zero attached hydrogens (tertiary/aromatic N) is 8. The molecule has 1 saturated carbocycles. The van der Waals surface area contributed by atoms with E-state index >= 15 is 0 Å². The van der Waals surface area contributed by atoms with E-state index in [4.69, 9.17) is 19.9 Å². The van der Waals surface area contributed by atoms with Crippen molar-refractivity contribution in [3.8, 4) is 22.9 Å². The van der Waals surface area contributed by atoms with Crippen LogP contribution < -0.4 is 35.6 Å². The van der Waals surface area contributed by atoms with Crippen molar-refractivity contribution in [2.45, 2.75) is 115 Å². The first kappa shape index (κ1) is 52.6. The fourth-order valence-corrected chi connectivity index (χ4v) is 10.3. The number of aliphatic carboxylic acids is 1. The topological polar surface area (TPSA) is 221 Å². The lowest BCUT2D eigenvalue weighted by molar-refractivity contribution is -0.162. The number of nitrogens with one attached hydrogen (secondary N) is 2. The Morgan fingerprint density at radius 3 is 2.34 bits per heavy atom. The number of aromatic nitrogens is 3. The van der Waals surface area contributed by atoms with Crippen molar-refractivity contribution in [3.63, 3.8) is 0 Å². The molecule has 0 radical (unpaired) electrons. The Morgan fingerprint density at radius 2 is 1.67 bits per heavy atom. The predicted octanol–water partition coefficient (Wildman–Crippen LogP) is 6.29. The Bertz CT molecular complexity index is 2560. The number of carbonyl (C=O) groups is 4. The highest BCUT2D eigenvalue weighted by molar-refractivity contribution is 6.05. The number of carbonyl (C=O) groups excluding carboxylic acids is 3. The number of pyridine rings is 1. The van der Waals surface area contributed by atoms with E-state index in [1.165, 1.54) is 0 Å². The van der Waals surface area contributed by atoms with E-state index in [-0.39, 0.29) is 43.7 Å². The first-order chi connectivity index (χ1) is 35.0. The molecule has 19 nitrogen and oxygen atoms in total. The first-order valence-electron chi connectivity index (χ1n) is 25.7. The standard InChI is InChI=1S/C54H73N11O8/c1-36-32-63(52(70)73-53(2,3)4)27-26-62(36)28-29-71-47-30-39(21-24-56-47)65-40-19-20-41(65)34-64(33-40)45-31-44(59-60-48(45)55)42-12-7-8-14-46(42)72-35-37-15-17-38(18-16-37)57-49(66)43(13-9-10-25-61(5)6)58-50(67)54(51(68)69)22-11-23-54/h7-8,12,14-18,21,24,30-31,36,40-41,43H,9-11,13,19-20,22-23,25-29,32-35H2,1-6H3,(H2,55,60)(H,57,66)(H,58,67)(H,68,69)/t36?,40?,41?,43-/m0/s1. The summed E-state index contributed by atoms with van der Waals surface area (Å²) in [5.74, 6) is -0.569. The molecule has 4 fully saturated rings. The number of piperazine rings is 2. The maximum absolute atomic E-state index is 13.6. The third-order valence-electron chi connectivity index (χ3n) is 14.5. The van der Waals surface area contributed by atoms with Crippen molar-refractivity contribution in [1.82, 2.24) is 35.2 Å². The van der Waals surface area contributed by atoms with Crippen LogP contribution in [0.4, 0.5) is 27.7 Å². The lowest BCUT2D eigenvalue weighted by atomic mass is 9.68. The molecular formula is C54H73N11O8. The number of hydrogen-bond acceptors (Lipinski definition) is 15. The van der Waals surface area contributed by atoms with Gasteiger partial charge in [-0.3, -0.25) is 19.3 Å². The Labute approximate surface area is 428 Å². The first-order valence-corrected chi connectivity index (χ1v) is 25.7. The van der Waals surface area contributed by atoms with Gasteiger partial charge in [-0.05, 0) is 135 Å². The molecule has 2 aromatic carbocycles. The molecule has 0 spiro atoms. The van der Waals surface area contributed by atoms with Crippen LogP contribution in [0, 0.1) is 5.41 Å². The predicted molar refractivity (Wildman–Crippen MR) is 280 cm³/mol. The van der Waals surface area contributed by atoms with Crippen LogP contribution in [-0.4, -0.2) is 155 Å². The van der Waals surface area contributed by atoms with Gasteiger partial charge in [-0.15, -0.1) is 10.2 Å². The minimum Gasteiger partial charge on any atom is -0.488 e. The number of carboxylic acid groups (broad SMARTS) is 1. The van der Waals surface area contributed by atoms with Gasteiger partial charge in [0.1, 0.15) is 36.0 Å². The minimum absolute atomic E-state index is 0.174. The molecule has 3 saturated heterocycles. The number of fused-ring (bicyclic) bond motifs is 2. The van der Waals surface area contributed by atoms with Gasteiger partial charge in [0, 0.05) is 86.6 Å². The zero-order valence-corrected chi connectivity index (χ0v) is 43.2. The highest BCUT2D eigenvalue weighted by Gasteiger charge is 2.52. The van der Waals surface area contributed by atoms with Gasteiger partial charge < -0.3 is 55.3 Å². The number of rotatable bonds is 20. The van der Waals surface area contributed by atoms with Crippen molar-refractivity contribution in [1.29, 1.82) is 0 Å². The number of nitrogen functional groups attached to an aromatic ring is 1. The summed E-state index contributed by atoms with van der Waals surface area (Å²) in [5, 5.41) is 24.5. The number of ether oxygens (including phenoxy) is 3. The van der Waals surface area contributed by atoms with E-state index in [1.54, 1.807) is 17.0 Å². The van der Waals surface area contributed by atoms with Crippen LogP contribution in [0.1, 0.15) is 84.6 Å². The number of anilines is 4. The molecule has 3 unspecified atom stereocenters. The monoisotopic (exact) mass is 1000 g/mol. The number of hydrogen-bond donors (Lipinski definition) is 4. The highest BCUT2D eigenvalue weighted by atomic mass is 16.6. The number of nitrogens with two attached hydrogens (primary N) is 1. The number of amides is 3. The number of benzene rings is 2. The second-order valence-electron chi connectivity index (χ2n) is 21.2. The Hall–Kier alpha value is -6.73. The fraction of sp³-hybridized carbons (Fsp3) is 0.537. The molecule has 3 aliphatic heterocycles. The number of carboxylic acids is 1. The van der Waals surface area contributed by atoms with Crippen molar-refractivity contribution in [3.05, 3.63) is 78.5 Å². The summed E-state index contributed by atoms with van der Waals surface area (Å²) >= 11 is 0. The molecule has 1 aliphatic carbocycles. The Kier molecular flexibility index (Phi) is 16.6. The normalized spacial score (nSPS) is 20.0. The van der Waals surface area contributed by atoms with E-state index in [0.717, 1.165) is 74.5 Å². The molecule has 4 atom stereocenters. The largest absolute Gasteiger partial charge is 0.488 e. The average molecular weight is 1000 g/mol. The average Bonchev–Trinajstić information content (AvgIpc) is 3.60. The summed E-state index contributed by atoms with van der Waals surface area (Å²) in [4.78, 5) is 67.0.